The van der Waals surface area contributed by atoms with Gasteiger partial charge in [-0.1, -0.05) is 12.1 Å². The lowest BCUT2D eigenvalue weighted by molar-refractivity contribution is 0.0531. The number of ether oxygens (including phenoxy) is 2. The number of nitrogens with one attached hydrogen (secondary N) is 2. The molecule has 3 rings (SSSR count). The lowest BCUT2D eigenvalue weighted by Gasteiger charge is -2.36. The van der Waals surface area contributed by atoms with Gasteiger partial charge in [-0.3, -0.25) is 4.99 Å². The van der Waals surface area contributed by atoms with Gasteiger partial charge in [0.1, 0.15) is 5.75 Å². The Balaban J connectivity index is 1.69. The third-order valence-corrected chi connectivity index (χ3v) is 5.44. The predicted octanol–water partition coefficient (Wildman–Crippen LogP) is 3.19. The van der Waals surface area contributed by atoms with Crippen molar-refractivity contribution in [1.29, 1.82) is 0 Å². The average molecular weight is 399 g/mol. The summed E-state index contributed by atoms with van der Waals surface area (Å²) >= 11 is 0. The molecular formula is C23H34N4O2. The first-order valence-electron chi connectivity index (χ1n) is 10.7. The number of hydrogen-bond donors (Lipinski definition) is 2. The van der Waals surface area contributed by atoms with Gasteiger partial charge in [-0.05, 0) is 56.5 Å². The quantitative estimate of drug-likeness (QED) is 0.503. The highest BCUT2D eigenvalue weighted by Gasteiger charge is 2.34. The van der Waals surface area contributed by atoms with Crippen LogP contribution in [-0.4, -0.2) is 50.0 Å². The van der Waals surface area contributed by atoms with Crippen molar-refractivity contribution in [3.05, 3.63) is 54.4 Å². The van der Waals surface area contributed by atoms with Gasteiger partial charge in [0.05, 0.1) is 13.2 Å². The van der Waals surface area contributed by atoms with E-state index in [1.54, 1.807) is 0 Å². The second kappa shape index (κ2) is 10.9. The number of aliphatic imine (C=N–C) groups is 1. The molecule has 0 spiro atoms. The van der Waals surface area contributed by atoms with Crippen LogP contribution in [0.25, 0.3) is 0 Å². The monoisotopic (exact) mass is 398 g/mol. The Kier molecular flexibility index (Phi) is 7.99. The number of benzene rings is 1. The van der Waals surface area contributed by atoms with Crippen molar-refractivity contribution in [2.75, 3.05) is 39.5 Å². The van der Waals surface area contributed by atoms with Crippen LogP contribution in [0.2, 0.25) is 0 Å². The van der Waals surface area contributed by atoms with Crippen LogP contribution in [0.15, 0.2) is 53.8 Å². The third-order valence-electron chi connectivity index (χ3n) is 5.44. The highest BCUT2D eigenvalue weighted by atomic mass is 16.5. The predicted molar refractivity (Wildman–Crippen MR) is 118 cm³/mol. The standard InChI is InChI=1S/C23H34N4O2/c1-3-24-22(25-13-16-27-14-5-6-15-27)26-19-23(11-17-28-18-12-23)20-7-9-21(10-8-20)29-4-2/h5-10,14-15H,3-4,11-13,16-19H2,1-2H3,(H2,24,25,26). The minimum absolute atomic E-state index is 0.00573. The second-order valence-electron chi connectivity index (χ2n) is 7.39. The van der Waals surface area contributed by atoms with E-state index in [1.807, 2.05) is 19.1 Å². The van der Waals surface area contributed by atoms with Crippen LogP contribution in [0.3, 0.4) is 0 Å². The smallest absolute Gasteiger partial charge is 0.191 e. The molecule has 0 unspecified atom stereocenters. The van der Waals surface area contributed by atoms with Crippen molar-refractivity contribution in [2.45, 2.75) is 38.6 Å². The maximum absolute atomic E-state index is 5.66. The number of aromatic nitrogens is 1. The van der Waals surface area contributed by atoms with Gasteiger partial charge in [0, 0.05) is 50.7 Å². The molecule has 1 aromatic heterocycles. The van der Waals surface area contributed by atoms with E-state index in [0.29, 0.717) is 6.61 Å². The van der Waals surface area contributed by atoms with E-state index >= 15 is 0 Å². The first-order chi connectivity index (χ1) is 14.3. The van der Waals surface area contributed by atoms with Crippen LogP contribution in [0.4, 0.5) is 0 Å². The van der Waals surface area contributed by atoms with Gasteiger partial charge in [-0.15, -0.1) is 0 Å². The fraction of sp³-hybridized carbons (Fsp3) is 0.522. The molecule has 0 radical (unpaired) electrons. The Morgan fingerprint density at radius 1 is 1.10 bits per heavy atom. The number of rotatable bonds is 9. The minimum atomic E-state index is 0.00573. The molecule has 0 amide bonds. The normalized spacial score (nSPS) is 16.4. The lowest BCUT2D eigenvalue weighted by atomic mass is 9.74. The summed E-state index contributed by atoms with van der Waals surface area (Å²) in [5, 5.41) is 6.84. The van der Waals surface area contributed by atoms with E-state index < -0.39 is 0 Å². The molecular weight excluding hydrogens is 364 g/mol. The van der Waals surface area contributed by atoms with Gasteiger partial charge in [0.25, 0.3) is 0 Å². The van der Waals surface area contributed by atoms with E-state index in [4.69, 9.17) is 14.5 Å². The number of nitrogens with zero attached hydrogens (tertiary/aromatic N) is 2. The summed E-state index contributed by atoms with van der Waals surface area (Å²) in [5.41, 5.74) is 1.32. The molecule has 6 heteroatoms. The van der Waals surface area contributed by atoms with Gasteiger partial charge in [0.15, 0.2) is 5.96 Å². The van der Waals surface area contributed by atoms with E-state index in [-0.39, 0.29) is 5.41 Å². The Hall–Kier alpha value is -2.47. The third kappa shape index (κ3) is 6.00. The molecule has 0 aliphatic carbocycles. The fourth-order valence-corrected chi connectivity index (χ4v) is 3.77. The van der Waals surface area contributed by atoms with E-state index in [2.05, 4.69) is 58.8 Å². The Bertz CT molecular complexity index is 735. The van der Waals surface area contributed by atoms with Gasteiger partial charge >= 0.3 is 0 Å². The van der Waals surface area contributed by atoms with Crippen LogP contribution in [0.5, 0.6) is 5.75 Å². The molecule has 0 atom stereocenters. The maximum Gasteiger partial charge on any atom is 0.191 e. The Morgan fingerprint density at radius 3 is 2.48 bits per heavy atom. The van der Waals surface area contributed by atoms with Crippen LogP contribution >= 0.6 is 0 Å². The molecule has 1 fully saturated rings. The van der Waals surface area contributed by atoms with E-state index in [9.17, 15) is 0 Å². The maximum atomic E-state index is 5.66. The SMILES string of the molecule is CCNC(=NCC1(c2ccc(OCC)cc2)CCOCC1)NCCn1cccc1. The fourth-order valence-electron chi connectivity index (χ4n) is 3.77. The zero-order chi connectivity index (χ0) is 20.4. The van der Waals surface area contributed by atoms with Crippen LogP contribution < -0.4 is 15.4 Å². The molecule has 1 aromatic carbocycles. The molecule has 0 saturated carbocycles. The largest absolute Gasteiger partial charge is 0.494 e. The highest BCUT2D eigenvalue weighted by molar-refractivity contribution is 5.79. The summed E-state index contributed by atoms with van der Waals surface area (Å²) in [7, 11) is 0. The van der Waals surface area contributed by atoms with Crippen LogP contribution in [-0.2, 0) is 16.7 Å². The van der Waals surface area contributed by atoms with Gasteiger partial charge in [0.2, 0.25) is 0 Å². The van der Waals surface area contributed by atoms with E-state index in [0.717, 1.165) is 63.9 Å². The molecule has 6 nitrogen and oxygen atoms in total. The van der Waals surface area contributed by atoms with Crippen molar-refractivity contribution in [2.24, 2.45) is 4.99 Å². The van der Waals surface area contributed by atoms with Crippen molar-refractivity contribution in [3.63, 3.8) is 0 Å². The summed E-state index contributed by atoms with van der Waals surface area (Å²) in [4.78, 5) is 4.96. The highest BCUT2D eigenvalue weighted by Crippen LogP contribution is 2.36. The molecule has 158 valence electrons. The zero-order valence-corrected chi connectivity index (χ0v) is 17.7. The van der Waals surface area contributed by atoms with Crippen LogP contribution in [0, 0.1) is 0 Å². The van der Waals surface area contributed by atoms with Crippen molar-refractivity contribution in [1.82, 2.24) is 15.2 Å². The van der Waals surface area contributed by atoms with Crippen molar-refractivity contribution >= 4 is 5.96 Å². The van der Waals surface area contributed by atoms with Gasteiger partial charge < -0.3 is 24.7 Å². The first-order valence-corrected chi connectivity index (χ1v) is 10.7. The van der Waals surface area contributed by atoms with E-state index in [1.165, 1.54) is 5.56 Å². The molecule has 2 aromatic rings. The first kappa shape index (κ1) is 21.2. The summed E-state index contributed by atoms with van der Waals surface area (Å²) in [6, 6.07) is 12.6. The van der Waals surface area contributed by atoms with Gasteiger partial charge in [-0.2, -0.15) is 0 Å². The molecule has 29 heavy (non-hydrogen) atoms. The summed E-state index contributed by atoms with van der Waals surface area (Å²) in [5.74, 6) is 1.79. The number of hydrogen-bond acceptors (Lipinski definition) is 3. The minimum Gasteiger partial charge on any atom is -0.494 e. The number of guanidine groups is 1. The summed E-state index contributed by atoms with van der Waals surface area (Å²) in [6.45, 7) is 9.67. The molecule has 1 aliphatic rings. The molecule has 1 saturated heterocycles. The van der Waals surface area contributed by atoms with Gasteiger partial charge in [-0.25, -0.2) is 0 Å². The van der Waals surface area contributed by atoms with Crippen molar-refractivity contribution in [3.8, 4) is 5.75 Å². The molecule has 0 bridgehead atoms. The average Bonchev–Trinajstić information content (AvgIpc) is 3.27. The lowest BCUT2D eigenvalue weighted by Crippen LogP contribution is -2.42. The zero-order valence-electron chi connectivity index (χ0n) is 17.7. The topological polar surface area (TPSA) is 59.8 Å². The Morgan fingerprint density at radius 2 is 1.83 bits per heavy atom. The summed E-state index contributed by atoms with van der Waals surface area (Å²) in [6.07, 6.45) is 6.11. The summed E-state index contributed by atoms with van der Waals surface area (Å²) < 4.78 is 13.4. The molecule has 2 N–H and O–H groups in total. The molecule has 2 heterocycles. The van der Waals surface area contributed by atoms with Crippen molar-refractivity contribution < 1.29 is 9.47 Å². The molecule has 1 aliphatic heterocycles. The Labute approximate surface area is 174 Å². The second-order valence-corrected chi connectivity index (χ2v) is 7.39. The van der Waals surface area contributed by atoms with Crippen LogP contribution in [0.1, 0.15) is 32.3 Å².